The van der Waals surface area contributed by atoms with Crippen LogP contribution in [0.5, 0.6) is 0 Å². The summed E-state index contributed by atoms with van der Waals surface area (Å²) < 4.78 is 68.6. The molecule has 2 heterocycles. The SMILES string of the molecule is CCc1ccc(S(=O)(=O)Nc2ccc3c(c2)CN(S(=O)(=O)c2ccc(F)cc2)CC3)s1. The first-order chi connectivity index (χ1) is 14.7. The van der Waals surface area contributed by atoms with E-state index in [2.05, 4.69) is 4.72 Å². The van der Waals surface area contributed by atoms with Crippen molar-refractivity contribution < 1.29 is 21.2 Å². The molecule has 164 valence electrons. The second-order valence-electron chi connectivity index (χ2n) is 7.21. The molecule has 0 atom stereocenters. The van der Waals surface area contributed by atoms with E-state index < -0.39 is 25.9 Å². The molecule has 0 unspecified atom stereocenters. The number of nitrogens with one attached hydrogen (secondary N) is 1. The molecular formula is C21H21FN2O4S3. The van der Waals surface area contributed by atoms with Crippen molar-refractivity contribution in [2.45, 2.75) is 35.4 Å². The number of anilines is 1. The maximum absolute atomic E-state index is 13.2. The van der Waals surface area contributed by atoms with Crippen LogP contribution in [0.15, 0.2) is 63.7 Å². The van der Waals surface area contributed by atoms with E-state index in [0.717, 1.165) is 34.6 Å². The first-order valence-corrected chi connectivity index (χ1v) is 13.4. The van der Waals surface area contributed by atoms with Gasteiger partial charge in [-0.2, -0.15) is 4.31 Å². The number of nitrogens with zero attached hydrogens (tertiary/aromatic N) is 1. The lowest BCUT2D eigenvalue weighted by molar-refractivity contribution is 0.391. The maximum Gasteiger partial charge on any atom is 0.271 e. The van der Waals surface area contributed by atoms with E-state index >= 15 is 0 Å². The van der Waals surface area contributed by atoms with E-state index in [1.165, 1.54) is 27.8 Å². The van der Waals surface area contributed by atoms with E-state index in [9.17, 15) is 21.2 Å². The van der Waals surface area contributed by atoms with Crippen molar-refractivity contribution >= 4 is 37.1 Å². The van der Waals surface area contributed by atoms with Crippen LogP contribution in [0, 0.1) is 5.82 Å². The van der Waals surface area contributed by atoms with Gasteiger partial charge in [0, 0.05) is 23.7 Å². The van der Waals surface area contributed by atoms with Crippen molar-refractivity contribution in [1.82, 2.24) is 4.31 Å². The van der Waals surface area contributed by atoms with Crippen LogP contribution in [-0.2, 0) is 39.4 Å². The lowest BCUT2D eigenvalue weighted by Gasteiger charge is -2.28. The van der Waals surface area contributed by atoms with E-state index in [-0.39, 0.29) is 15.6 Å². The highest BCUT2D eigenvalue weighted by Crippen LogP contribution is 2.29. The monoisotopic (exact) mass is 480 g/mol. The van der Waals surface area contributed by atoms with Crippen molar-refractivity contribution in [1.29, 1.82) is 0 Å². The molecule has 3 aromatic rings. The van der Waals surface area contributed by atoms with Gasteiger partial charge in [0.15, 0.2) is 0 Å². The zero-order valence-corrected chi connectivity index (χ0v) is 19.2. The van der Waals surface area contributed by atoms with Gasteiger partial charge >= 0.3 is 0 Å². The van der Waals surface area contributed by atoms with Crippen LogP contribution in [0.4, 0.5) is 10.1 Å². The van der Waals surface area contributed by atoms with Crippen LogP contribution in [0.25, 0.3) is 0 Å². The van der Waals surface area contributed by atoms with Crippen molar-refractivity contribution in [3.05, 3.63) is 76.4 Å². The van der Waals surface area contributed by atoms with Crippen LogP contribution in [-0.4, -0.2) is 27.7 Å². The number of hydrogen-bond acceptors (Lipinski definition) is 5. The van der Waals surface area contributed by atoms with E-state index in [0.29, 0.717) is 18.7 Å². The third-order valence-corrected chi connectivity index (χ3v) is 10.1. The van der Waals surface area contributed by atoms with Crippen LogP contribution < -0.4 is 4.72 Å². The number of benzene rings is 2. The van der Waals surface area contributed by atoms with Gasteiger partial charge in [-0.3, -0.25) is 4.72 Å². The zero-order valence-electron chi connectivity index (χ0n) is 16.7. The molecule has 0 saturated carbocycles. The summed E-state index contributed by atoms with van der Waals surface area (Å²) in [6.07, 6.45) is 1.27. The maximum atomic E-state index is 13.2. The average Bonchev–Trinajstić information content (AvgIpc) is 3.24. The van der Waals surface area contributed by atoms with Gasteiger partial charge in [0.1, 0.15) is 10.0 Å². The first-order valence-electron chi connectivity index (χ1n) is 9.68. The molecule has 31 heavy (non-hydrogen) atoms. The molecule has 1 aromatic heterocycles. The van der Waals surface area contributed by atoms with Crippen molar-refractivity contribution in [2.75, 3.05) is 11.3 Å². The Morgan fingerprint density at radius 3 is 2.42 bits per heavy atom. The summed E-state index contributed by atoms with van der Waals surface area (Å²) in [7, 11) is -7.50. The zero-order chi connectivity index (χ0) is 22.2. The standard InChI is InChI=1S/C21H21FN2O4S3/c1-2-19-7-10-21(29-19)30(25,26)23-18-6-3-15-11-12-24(14-16(15)13-18)31(27,28)20-8-4-17(22)5-9-20/h3-10,13,23H,2,11-12,14H2,1H3. The van der Waals surface area contributed by atoms with Crippen molar-refractivity contribution in [2.24, 2.45) is 0 Å². The molecular weight excluding hydrogens is 459 g/mol. The molecule has 1 N–H and O–H groups in total. The Labute approximate surface area is 185 Å². The fourth-order valence-corrected chi connectivity index (χ4v) is 7.22. The number of hydrogen-bond donors (Lipinski definition) is 1. The van der Waals surface area contributed by atoms with Crippen LogP contribution in [0.3, 0.4) is 0 Å². The Morgan fingerprint density at radius 2 is 1.74 bits per heavy atom. The smallest absolute Gasteiger partial charge is 0.271 e. The molecule has 0 spiro atoms. The van der Waals surface area contributed by atoms with E-state index in [4.69, 9.17) is 0 Å². The van der Waals surface area contributed by atoms with Gasteiger partial charge in [0.25, 0.3) is 10.0 Å². The number of rotatable bonds is 6. The average molecular weight is 481 g/mol. The summed E-state index contributed by atoms with van der Waals surface area (Å²) in [6.45, 7) is 2.38. The minimum absolute atomic E-state index is 0.0265. The van der Waals surface area contributed by atoms with Crippen LogP contribution in [0.1, 0.15) is 22.9 Å². The summed E-state index contributed by atoms with van der Waals surface area (Å²) in [4.78, 5) is 1.01. The molecule has 6 nitrogen and oxygen atoms in total. The Balaban J connectivity index is 1.57. The highest BCUT2D eigenvalue weighted by atomic mass is 32.2. The normalized spacial score (nSPS) is 14.9. The highest BCUT2D eigenvalue weighted by Gasteiger charge is 2.29. The predicted molar refractivity (Wildman–Crippen MR) is 119 cm³/mol. The second-order valence-corrected chi connectivity index (χ2v) is 12.2. The first kappa shape index (κ1) is 21.9. The summed E-state index contributed by atoms with van der Waals surface area (Å²) in [5, 5.41) is 0. The van der Waals surface area contributed by atoms with Gasteiger partial charge in [-0.05, 0) is 72.5 Å². The second kappa shape index (κ2) is 8.34. The topological polar surface area (TPSA) is 83.6 Å². The molecule has 10 heteroatoms. The molecule has 0 bridgehead atoms. The molecule has 0 amide bonds. The lowest BCUT2D eigenvalue weighted by Crippen LogP contribution is -2.36. The fraction of sp³-hybridized carbons (Fsp3) is 0.238. The molecule has 0 fully saturated rings. The third-order valence-electron chi connectivity index (χ3n) is 5.14. The number of thiophene rings is 1. The van der Waals surface area contributed by atoms with Gasteiger partial charge in [-0.25, -0.2) is 21.2 Å². The minimum atomic E-state index is -3.78. The fourth-order valence-electron chi connectivity index (χ4n) is 3.45. The largest absolute Gasteiger partial charge is 0.279 e. The molecule has 0 radical (unpaired) electrons. The van der Waals surface area contributed by atoms with Gasteiger partial charge in [-0.1, -0.05) is 13.0 Å². The van der Waals surface area contributed by atoms with Gasteiger partial charge in [-0.15, -0.1) is 11.3 Å². The van der Waals surface area contributed by atoms with Crippen LogP contribution >= 0.6 is 11.3 Å². The number of fused-ring (bicyclic) bond motifs is 1. The van der Waals surface area contributed by atoms with Crippen LogP contribution in [0.2, 0.25) is 0 Å². The summed E-state index contributed by atoms with van der Waals surface area (Å²) in [6, 6.07) is 13.3. The third kappa shape index (κ3) is 4.52. The minimum Gasteiger partial charge on any atom is -0.279 e. The number of aryl methyl sites for hydroxylation is 1. The summed E-state index contributed by atoms with van der Waals surface area (Å²) >= 11 is 1.23. The van der Waals surface area contributed by atoms with E-state index in [1.807, 2.05) is 13.0 Å². The summed E-state index contributed by atoms with van der Waals surface area (Å²) in [5.74, 6) is -0.503. The Kier molecular flexibility index (Phi) is 5.91. The Bertz CT molecular complexity index is 1320. The number of sulfonamides is 2. The summed E-state index contributed by atoms with van der Waals surface area (Å²) in [5.41, 5.74) is 2.08. The molecule has 0 saturated heterocycles. The lowest BCUT2D eigenvalue weighted by atomic mass is 10.0. The molecule has 4 rings (SSSR count). The van der Waals surface area contributed by atoms with Gasteiger partial charge in [0.05, 0.1) is 4.90 Å². The van der Waals surface area contributed by atoms with Crippen molar-refractivity contribution in [3.63, 3.8) is 0 Å². The molecule has 2 aromatic carbocycles. The molecule has 1 aliphatic rings. The Hall–Kier alpha value is -2.27. The highest BCUT2D eigenvalue weighted by molar-refractivity contribution is 7.94. The molecule has 1 aliphatic heterocycles. The predicted octanol–water partition coefficient (Wildman–Crippen LogP) is 4.00. The quantitative estimate of drug-likeness (QED) is 0.578. The Morgan fingerprint density at radius 1 is 1.00 bits per heavy atom. The van der Waals surface area contributed by atoms with Gasteiger partial charge in [0.2, 0.25) is 10.0 Å². The molecule has 0 aliphatic carbocycles. The number of halogens is 1. The van der Waals surface area contributed by atoms with E-state index in [1.54, 1.807) is 24.3 Å². The van der Waals surface area contributed by atoms with Gasteiger partial charge < -0.3 is 0 Å². The van der Waals surface area contributed by atoms with Crippen molar-refractivity contribution in [3.8, 4) is 0 Å².